The third-order valence-corrected chi connectivity index (χ3v) is 5.76. The molecule has 4 nitrogen and oxygen atoms in total. The molecule has 0 radical (unpaired) electrons. The lowest BCUT2D eigenvalue weighted by atomic mass is 9.85. The van der Waals surface area contributed by atoms with E-state index >= 15 is 0 Å². The summed E-state index contributed by atoms with van der Waals surface area (Å²) in [6.07, 6.45) is 5.52. The molecule has 1 saturated carbocycles. The van der Waals surface area contributed by atoms with E-state index in [4.69, 9.17) is 5.73 Å². The molecule has 0 spiro atoms. The monoisotopic (exact) mass is 276 g/mol. The van der Waals surface area contributed by atoms with Crippen LogP contribution in [0.2, 0.25) is 0 Å². The number of sulfonamides is 1. The van der Waals surface area contributed by atoms with Crippen LogP contribution in [0.1, 0.15) is 59.3 Å². The van der Waals surface area contributed by atoms with Crippen molar-refractivity contribution >= 4 is 10.0 Å². The first kappa shape index (κ1) is 15.9. The second kappa shape index (κ2) is 6.35. The Labute approximate surface area is 112 Å². The van der Waals surface area contributed by atoms with Crippen LogP contribution in [-0.2, 0) is 10.0 Å². The summed E-state index contributed by atoms with van der Waals surface area (Å²) in [5, 5.41) is -0.200. The molecule has 0 aliphatic heterocycles. The van der Waals surface area contributed by atoms with Gasteiger partial charge in [0, 0.05) is 6.04 Å². The van der Waals surface area contributed by atoms with Crippen LogP contribution in [0.4, 0.5) is 0 Å². The van der Waals surface area contributed by atoms with Crippen molar-refractivity contribution in [1.29, 1.82) is 0 Å². The minimum atomic E-state index is -3.19. The molecule has 18 heavy (non-hydrogen) atoms. The van der Waals surface area contributed by atoms with E-state index in [0.29, 0.717) is 13.0 Å². The third kappa shape index (κ3) is 4.52. The van der Waals surface area contributed by atoms with Crippen LogP contribution in [0.25, 0.3) is 0 Å². The number of hydrogen-bond acceptors (Lipinski definition) is 3. The molecule has 1 unspecified atom stereocenters. The third-order valence-electron chi connectivity index (χ3n) is 3.80. The topological polar surface area (TPSA) is 72.2 Å². The van der Waals surface area contributed by atoms with Gasteiger partial charge in [0.1, 0.15) is 0 Å². The first-order valence-corrected chi connectivity index (χ1v) is 8.53. The Bertz CT molecular complexity index is 340. The van der Waals surface area contributed by atoms with E-state index in [1.807, 2.05) is 0 Å². The summed E-state index contributed by atoms with van der Waals surface area (Å²) in [5.74, 6) is 0. The lowest BCUT2D eigenvalue weighted by Gasteiger charge is -2.33. The minimum absolute atomic E-state index is 0.0746. The molecule has 1 atom stereocenters. The summed E-state index contributed by atoms with van der Waals surface area (Å²) < 4.78 is 27.6. The smallest absolute Gasteiger partial charge is 0.214 e. The van der Waals surface area contributed by atoms with Crippen LogP contribution >= 0.6 is 0 Å². The van der Waals surface area contributed by atoms with Crippen molar-refractivity contribution in [3.05, 3.63) is 0 Å². The van der Waals surface area contributed by atoms with E-state index < -0.39 is 10.0 Å². The summed E-state index contributed by atoms with van der Waals surface area (Å²) in [6.45, 7) is 6.67. The maximum Gasteiger partial charge on any atom is 0.214 e. The molecule has 3 N–H and O–H groups in total. The Morgan fingerprint density at radius 2 is 1.78 bits per heavy atom. The highest BCUT2D eigenvalue weighted by atomic mass is 32.2. The van der Waals surface area contributed by atoms with Gasteiger partial charge in [-0.25, -0.2) is 13.1 Å². The van der Waals surface area contributed by atoms with Gasteiger partial charge in [-0.05, 0) is 31.2 Å². The highest BCUT2D eigenvalue weighted by Crippen LogP contribution is 2.27. The molecule has 0 saturated heterocycles. The average Bonchev–Trinajstić information content (AvgIpc) is 2.28. The van der Waals surface area contributed by atoms with Gasteiger partial charge in [0.2, 0.25) is 10.0 Å². The maximum absolute atomic E-state index is 12.4. The molecule has 5 heteroatoms. The fraction of sp³-hybridized carbons (Fsp3) is 1.00. The van der Waals surface area contributed by atoms with Crippen molar-refractivity contribution in [2.45, 2.75) is 70.6 Å². The summed E-state index contributed by atoms with van der Waals surface area (Å²) in [4.78, 5) is 0. The maximum atomic E-state index is 12.4. The zero-order valence-electron chi connectivity index (χ0n) is 11.9. The second-order valence-electron chi connectivity index (χ2n) is 6.42. The van der Waals surface area contributed by atoms with Crippen LogP contribution in [0, 0.1) is 5.41 Å². The summed E-state index contributed by atoms with van der Waals surface area (Å²) in [6, 6.07) is -0.0746. The first-order chi connectivity index (χ1) is 8.27. The molecule has 0 aromatic rings. The molecule has 1 aliphatic carbocycles. The van der Waals surface area contributed by atoms with Crippen molar-refractivity contribution < 1.29 is 8.42 Å². The SMILES string of the molecule is CC(C)(C)C(CCN)NS(=O)(=O)C1CCCCC1. The van der Waals surface area contributed by atoms with Gasteiger partial charge >= 0.3 is 0 Å². The van der Waals surface area contributed by atoms with Crippen molar-refractivity contribution in [1.82, 2.24) is 4.72 Å². The molecule has 0 bridgehead atoms. The van der Waals surface area contributed by atoms with Crippen LogP contribution in [0.3, 0.4) is 0 Å². The average molecular weight is 276 g/mol. The predicted molar refractivity (Wildman–Crippen MR) is 75.8 cm³/mol. The predicted octanol–water partition coefficient (Wildman–Crippen LogP) is 2.00. The molecular weight excluding hydrogens is 248 g/mol. The summed E-state index contributed by atoms with van der Waals surface area (Å²) in [5.41, 5.74) is 5.49. The number of hydrogen-bond donors (Lipinski definition) is 2. The number of rotatable bonds is 5. The van der Waals surface area contributed by atoms with E-state index in [-0.39, 0.29) is 16.7 Å². The van der Waals surface area contributed by atoms with Gasteiger partial charge in [0.05, 0.1) is 5.25 Å². The Morgan fingerprint density at radius 3 is 2.22 bits per heavy atom. The molecule has 0 aromatic carbocycles. The Balaban J connectivity index is 2.72. The van der Waals surface area contributed by atoms with Crippen LogP contribution in [0.5, 0.6) is 0 Å². The largest absolute Gasteiger partial charge is 0.330 e. The van der Waals surface area contributed by atoms with Crippen LogP contribution in [0.15, 0.2) is 0 Å². The normalized spacial score (nSPS) is 20.9. The van der Waals surface area contributed by atoms with E-state index in [0.717, 1.165) is 32.1 Å². The highest BCUT2D eigenvalue weighted by molar-refractivity contribution is 7.90. The molecule has 108 valence electrons. The van der Waals surface area contributed by atoms with Crippen LogP contribution < -0.4 is 10.5 Å². The Morgan fingerprint density at radius 1 is 1.22 bits per heavy atom. The van der Waals surface area contributed by atoms with Crippen molar-refractivity contribution in [2.24, 2.45) is 11.1 Å². The zero-order valence-corrected chi connectivity index (χ0v) is 12.7. The van der Waals surface area contributed by atoms with Gasteiger partial charge in [-0.15, -0.1) is 0 Å². The van der Waals surface area contributed by atoms with Gasteiger partial charge in [-0.1, -0.05) is 40.0 Å². The quantitative estimate of drug-likeness (QED) is 0.806. The van der Waals surface area contributed by atoms with Crippen molar-refractivity contribution in [3.63, 3.8) is 0 Å². The fourth-order valence-corrected chi connectivity index (χ4v) is 4.52. The Kier molecular flexibility index (Phi) is 5.62. The fourth-order valence-electron chi connectivity index (χ4n) is 2.51. The lowest BCUT2D eigenvalue weighted by Crippen LogP contribution is -2.48. The summed E-state index contributed by atoms with van der Waals surface area (Å²) >= 11 is 0. The molecule has 1 aliphatic rings. The van der Waals surface area contributed by atoms with E-state index in [1.165, 1.54) is 0 Å². The van der Waals surface area contributed by atoms with Crippen LogP contribution in [-0.4, -0.2) is 26.3 Å². The van der Waals surface area contributed by atoms with Gasteiger partial charge < -0.3 is 5.73 Å². The van der Waals surface area contributed by atoms with Crippen molar-refractivity contribution in [3.8, 4) is 0 Å². The second-order valence-corrected chi connectivity index (χ2v) is 8.41. The minimum Gasteiger partial charge on any atom is -0.330 e. The molecule has 1 rings (SSSR count). The molecule has 0 heterocycles. The zero-order chi connectivity index (χ0) is 13.8. The Hall–Kier alpha value is -0.130. The van der Waals surface area contributed by atoms with Gasteiger partial charge in [0.25, 0.3) is 0 Å². The van der Waals surface area contributed by atoms with Gasteiger partial charge in [0.15, 0.2) is 0 Å². The standard InChI is InChI=1S/C13H28N2O2S/c1-13(2,3)12(9-10-14)15-18(16,17)11-7-5-4-6-8-11/h11-12,15H,4-10,14H2,1-3H3. The summed E-state index contributed by atoms with van der Waals surface area (Å²) in [7, 11) is -3.19. The number of nitrogens with two attached hydrogens (primary N) is 1. The first-order valence-electron chi connectivity index (χ1n) is 6.98. The van der Waals surface area contributed by atoms with E-state index in [2.05, 4.69) is 25.5 Å². The van der Waals surface area contributed by atoms with Gasteiger partial charge in [-0.3, -0.25) is 0 Å². The number of nitrogens with one attached hydrogen (secondary N) is 1. The van der Waals surface area contributed by atoms with Gasteiger partial charge in [-0.2, -0.15) is 0 Å². The van der Waals surface area contributed by atoms with E-state index in [1.54, 1.807) is 0 Å². The van der Waals surface area contributed by atoms with E-state index in [9.17, 15) is 8.42 Å². The molecule has 1 fully saturated rings. The highest BCUT2D eigenvalue weighted by Gasteiger charge is 2.33. The molecular formula is C13H28N2O2S. The lowest BCUT2D eigenvalue weighted by molar-refractivity contribution is 0.285. The molecule has 0 aromatic heterocycles. The molecule has 0 amide bonds. The van der Waals surface area contributed by atoms with Crippen molar-refractivity contribution in [2.75, 3.05) is 6.54 Å².